The number of amides is 1. The number of nitrogens with zero attached hydrogens (tertiary/aromatic N) is 2. The Bertz CT molecular complexity index is 1150. The maximum Gasteiger partial charge on any atom is 0.250 e. The summed E-state index contributed by atoms with van der Waals surface area (Å²) in [6.07, 6.45) is 3.91. The summed E-state index contributed by atoms with van der Waals surface area (Å²) in [5, 5.41) is 5.25. The summed E-state index contributed by atoms with van der Waals surface area (Å²) in [6, 6.07) is 12.0. The molecule has 1 aliphatic rings. The van der Waals surface area contributed by atoms with Gasteiger partial charge in [0, 0.05) is 30.6 Å². The Morgan fingerprint density at radius 1 is 1.06 bits per heavy atom. The Morgan fingerprint density at radius 3 is 2.39 bits per heavy atom. The van der Waals surface area contributed by atoms with Gasteiger partial charge < -0.3 is 10.6 Å². The summed E-state index contributed by atoms with van der Waals surface area (Å²) in [5.74, 6) is 0.348. The van der Waals surface area contributed by atoms with Crippen LogP contribution in [0.25, 0.3) is 17.2 Å². The van der Waals surface area contributed by atoms with Gasteiger partial charge >= 0.3 is 0 Å². The van der Waals surface area contributed by atoms with Gasteiger partial charge in [-0.1, -0.05) is 38.1 Å². The van der Waals surface area contributed by atoms with Crippen LogP contribution >= 0.6 is 0 Å². The third-order valence-corrected chi connectivity index (χ3v) is 5.95. The van der Waals surface area contributed by atoms with Crippen molar-refractivity contribution in [3.05, 3.63) is 53.6 Å². The molecule has 0 unspecified atom stereocenters. The third kappa shape index (κ3) is 5.39. The molecule has 0 saturated carbocycles. The van der Waals surface area contributed by atoms with E-state index in [4.69, 9.17) is 10.9 Å². The molecule has 0 radical (unpaired) electrons. The van der Waals surface area contributed by atoms with Crippen molar-refractivity contribution in [2.24, 2.45) is 15.9 Å². The number of benzene rings is 2. The SMILES string of the molecule is CCCN(CCC)C(=O)C1=Cc2ccc(-c3cccc(S(N)(=O)=O)c3)cc2N=C(N)C1. The van der Waals surface area contributed by atoms with Crippen molar-refractivity contribution in [3.8, 4) is 11.1 Å². The summed E-state index contributed by atoms with van der Waals surface area (Å²) in [4.78, 5) is 19.5. The molecule has 0 aliphatic carbocycles. The Kier molecular flexibility index (Phi) is 6.92. The molecule has 1 heterocycles. The van der Waals surface area contributed by atoms with Crippen molar-refractivity contribution in [2.45, 2.75) is 38.0 Å². The van der Waals surface area contributed by atoms with Gasteiger partial charge in [-0.25, -0.2) is 18.5 Å². The molecule has 0 bridgehead atoms. The Hall–Kier alpha value is -2.97. The van der Waals surface area contributed by atoms with Crippen LogP contribution in [0.4, 0.5) is 5.69 Å². The minimum atomic E-state index is -3.80. The van der Waals surface area contributed by atoms with Crippen molar-refractivity contribution in [2.75, 3.05) is 13.1 Å². The van der Waals surface area contributed by atoms with Gasteiger partial charge in [-0.2, -0.15) is 0 Å². The molecule has 0 atom stereocenters. The van der Waals surface area contributed by atoms with Gasteiger partial charge in [-0.3, -0.25) is 4.79 Å². The minimum absolute atomic E-state index is 0.0142. The zero-order chi connectivity index (χ0) is 22.6. The number of carbonyl (C=O) groups excluding carboxylic acids is 1. The number of carbonyl (C=O) groups is 1. The van der Waals surface area contributed by atoms with Crippen LogP contribution in [-0.4, -0.2) is 38.2 Å². The van der Waals surface area contributed by atoms with Gasteiger partial charge in [0.05, 0.1) is 10.6 Å². The van der Waals surface area contributed by atoms with E-state index in [0.717, 1.165) is 24.0 Å². The van der Waals surface area contributed by atoms with E-state index in [-0.39, 0.29) is 17.2 Å². The number of primary sulfonamides is 1. The molecule has 164 valence electrons. The molecule has 7 nitrogen and oxygen atoms in total. The highest BCUT2D eigenvalue weighted by Crippen LogP contribution is 2.32. The maximum absolute atomic E-state index is 13.1. The number of hydrogen-bond acceptors (Lipinski definition) is 5. The van der Waals surface area contributed by atoms with E-state index in [0.29, 0.717) is 35.7 Å². The van der Waals surface area contributed by atoms with E-state index >= 15 is 0 Å². The third-order valence-electron chi connectivity index (χ3n) is 5.04. The molecular weight excluding hydrogens is 412 g/mol. The second kappa shape index (κ2) is 9.45. The molecule has 0 saturated heterocycles. The fourth-order valence-electron chi connectivity index (χ4n) is 3.62. The first-order chi connectivity index (χ1) is 14.7. The smallest absolute Gasteiger partial charge is 0.250 e. The van der Waals surface area contributed by atoms with Crippen molar-refractivity contribution in [1.29, 1.82) is 0 Å². The Morgan fingerprint density at radius 2 is 1.74 bits per heavy atom. The first-order valence-electron chi connectivity index (χ1n) is 10.3. The van der Waals surface area contributed by atoms with Crippen LogP contribution in [0.5, 0.6) is 0 Å². The monoisotopic (exact) mass is 440 g/mol. The van der Waals surface area contributed by atoms with Gasteiger partial charge in [0.1, 0.15) is 5.84 Å². The number of aliphatic imine (C=N–C) groups is 1. The van der Waals surface area contributed by atoms with Crippen LogP contribution in [0.15, 0.2) is 57.9 Å². The quantitative estimate of drug-likeness (QED) is 0.685. The van der Waals surface area contributed by atoms with E-state index in [9.17, 15) is 13.2 Å². The van der Waals surface area contributed by atoms with Crippen molar-refractivity contribution in [3.63, 3.8) is 0 Å². The number of hydrogen-bond donors (Lipinski definition) is 2. The minimum Gasteiger partial charge on any atom is -0.387 e. The Balaban J connectivity index is 2.00. The number of nitrogens with two attached hydrogens (primary N) is 2. The molecule has 8 heteroatoms. The molecular formula is C23H28N4O3S. The topological polar surface area (TPSA) is 119 Å². The lowest BCUT2D eigenvalue weighted by atomic mass is 10.0. The van der Waals surface area contributed by atoms with Gasteiger partial charge in [0.25, 0.3) is 0 Å². The van der Waals surface area contributed by atoms with E-state index in [1.807, 2.05) is 29.2 Å². The summed E-state index contributed by atoms with van der Waals surface area (Å²) in [7, 11) is -3.80. The normalized spacial score (nSPS) is 13.6. The number of sulfonamides is 1. The highest BCUT2D eigenvalue weighted by molar-refractivity contribution is 7.89. The second-order valence-electron chi connectivity index (χ2n) is 7.59. The van der Waals surface area contributed by atoms with Crippen molar-refractivity contribution < 1.29 is 13.2 Å². The molecule has 1 aliphatic heterocycles. The first-order valence-corrected chi connectivity index (χ1v) is 11.9. The molecule has 0 aromatic heterocycles. The average Bonchev–Trinajstić information content (AvgIpc) is 2.90. The predicted molar refractivity (Wildman–Crippen MR) is 124 cm³/mol. The lowest BCUT2D eigenvalue weighted by Crippen LogP contribution is -2.34. The highest BCUT2D eigenvalue weighted by atomic mass is 32.2. The first kappa shape index (κ1) is 22.7. The summed E-state index contributed by atoms with van der Waals surface area (Å²) in [5.41, 5.74) is 9.66. The average molecular weight is 441 g/mol. The van der Waals surface area contributed by atoms with Crippen molar-refractivity contribution in [1.82, 2.24) is 4.90 Å². The molecule has 0 fully saturated rings. The molecule has 2 aromatic rings. The summed E-state index contributed by atoms with van der Waals surface area (Å²) >= 11 is 0. The number of rotatable bonds is 7. The molecule has 0 spiro atoms. The number of amidine groups is 1. The van der Waals surface area contributed by atoms with E-state index in [1.54, 1.807) is 12.1 Å². The van der Waals surface area contributed by atoms with Crippen LogP contribution in [0.1, 0.15) is 38.7 Å². The molecule has 4 N–H and O–H groups in total. The number of fused-ring (bicyclic) bond motifs is 1. The van der Waals surface area contributed by atoms with Gasteiger partial charge in [-0.05, 0) is 48.2 Å². The second-order valence-corrected chi connectivity index (χ2v) is 9.15. The lowest BCUT2D eigenvalue weighted by Gasteiger charge is -2.22. The maximum atomic E-state index is 13.1. The van der Waals surface area contributed by atoms with E-state index in [2.05, 4.69) is 18.8 Å². The van der Waals surface area contributed by atoms with Gasteiger partial charge in [0.15, 0.2) is 0 Å². The van der Waals surface area contributed by atoms with Crippen LogP contribution < -0.4 is 10.9 Å². The Labute approximate surface area is 183 Å². The standard InChI is InChI=1S/C23H28N4O3S/c1-3-10-27(11-4-2)23(28)19-12-18-9-8-17(14-21(18)26-22(24)15-19)16-6-5-7-20(13-16)31(25,29)30/h5-9,12-14H,3-4,10-11,15H2,1-2H3,(H2,24,26)(H2,25,29,30). The summed E-state index contributed by atoms with van der Waals surface area (Å²) < 4.78 is 23.4. The predicted octanol–water partition coefficient (Wildman–Crippen LogP) is 3.43. The molecule has 3 rings (SSSR count). The van der Waals surface area contributed by atoms with E-state index < -0.39 is 10.0 Å². The van der Waals surface area contributed by atoms with Crippen LogP contribution in [0.3, 0.4) is 0 Å². The highest BCUT2D eigenvalue weighted by Gasteiger charge is 2.21. The van der Waals surface area contributed by atoms with Crippen LogP contribution in [-0.2, 0) is 14.8 Å². The van der Waals surface area contributed by atoms with Gasteiger partial charge in [0.2, 0.25) is 15.9 Å². The molecule has 2 aromatic carbocycles. The van der Waals surface area contributed by atoms with Crippen molar-refractivity contribution >= 4 is 33.5 Å². The fraction of sp³-hybridized carbons (Fsp3) is 0.304. The van der Waals surface area contributed by atoms with Gasteiger partial charge in [-0.15, -0.1) is 0 Å². The zero-order valence-electron chi connectivity index (χ0n) is 17.8. The summed E-state index contributed by atoms with van der Waals surface area (Å²) in [6.45, 7) is 5.50. The molecule has 31 heavy (non-hydrogen) atoms. The fourth-order valence-corrected chi connectivity index (χ4v) is 4.18. The van der Waals surface area contributed by atoms with E-state index in [1.165, 1.54) is 12.1 Å². The molecule has 1 amide bonds. The lowest BCUT2D eigenvalue weighted by molar-refractivity contribution is -0.127. The van der Waals surface area contributed by atoms with Crippen LogP contribution in [0.2, 0.25) is 0 Å². The largest absolute Gasteiger partial charge is 0.387 e. The zero-order valence-corrected chi connectivity index (χ0v) is 18.7. The van der Waals surface area contributed by atoms with Crippen LogP contribution in [0, 0.1) is 0 Å².